The van der Waals surface area contributed by atoms with E-state index >= 15 is 0 Å². The molecule has 12 heteroatoms. The number of anilines is 1. The second-order valence-electron chi connectivity index (χ2n) is 9.90. The summed E-state index contributed by atoms with van der Waals surface area (Å²) >= 11 is 1.38. The summed E-state index contributed by atoms with van der Waals surface area (Å²) in [5, 5.41) is 18.4. The number of halogens is 3. The van der Waals surface area contributed by atoms with Crippen molar-refractivity contribution in [2.45, 2.75) is 28.5 Å². The van der Waals surface area contributed by atoms with Gasteiger partial charge in [0.05, 0.1) is 16.6 Å². The minimum Gasteiger partial charge on any atom is -0.387 e. The zero-order chi connectivity index (χ0) is 30.5. The molecule has 1 aromatic heterocycles. The van der Waals surface area contributed by atoms with Crippen molar-refractivity contribution in [3.8, 4) is 0 Å². The van der Waals surface area contributed by atoms with E-state index in [0.717, 1.165) is 23.3 Å². The number of thioether (sulfide) groups is 1. The van der Waals surface area contributed by atoms with Crippen molar-refractivity contribution in [2.24, 2.45) is 0 Å². The van der Waals surface area contributed by atoms with Gasteiger partial charge >= 0.3 is 6.18 Å². The molecule has 224 valence electrons. The van der Waals surface area contributed by atoms with E-state index in [4.69, 9.17) is 0 Å². The topological polar surface area (TPSA) is 103 Å². The van der Waals surface area contributed by atoms with Crippen molar-refractivity contribution in [1.82, 2.24) is 15.6 Å². The van der Waals surface area contributed by atoms with Crippen LogP contribution in [-0.2, 0) is 27.5 Å². The van der Waals surface area contributed by atoms with Crippen LogP contribution in [-0.4, -0.2) is 31.6 Å². The number of benzene rings is 3. The molecule has 4 aromatic rings. The maximum atomic E-state index is 13.1. The van der Waals surface area contributed by atoms with Crippen LogP contribution in [0.1, 0.15) is 33.9 Å². The molecule has 0 amide bonds. The Morgan fingerprint density at radius 2 is 1.63 bits per heavy atom. The van der Waals surface area contributed by atoms with E-state index in [1.165, 1.54) is 36.0 Å². The highest BCUT2D eigenvalue weighted by atomic mass is 32.2. The minimum absolute atomic E-state index is 0.0511. The van der Waals surface area contributed by atoms with Gasteiger partial charge in [-0.2, -0.15) is 13.2 Å². The summed E-state index contributed by atoms with van der Waals surface area (Å²) in [4.78, 5) is 3.17. The third-order valence-electron chi connectivity index (χ3n) is 6.99. The molecule has 0 saturated carbocycles. The Bertz CT molecular complexity index is 1640. The molecule has 0 radical (unpaired) electrons. The number of alkyl halides is 3. The van der Waals surface area contributed by atoms with Gasteiger partial charge in [0.2, 0.25) is 0 Å². The van der Waals surface area contributed by atoms with Crippen LogP contribution >= 0.6 is 11.8 Å². The van der Waals surface area contributed by atoms with Crippen LogP contribution in [0.2, 0.25) is 0 Å². The van der Waals surface area contributed by atoms with E-state index in [0.29, 0.717) is 36.3 Å². The van der Waals surface area contributed by atoms with Crippen molar-refractivity contribution in [3.05, 3.63) is 137 Å². The summed E-state index contributed by atoms with van der Waals surface area (Å²) in [6.07, 6.45) is 0.588. The summed E-state index contributed by atoms with van der Waals surface area (Å²) in [5.74, 6) is 0. The Morgan fingerprint density at radius 1 is 0.953 bits per heavy atom. The molecule has 0 fully saturated rings. The van der Waals surface area contributed by atoms with E-state index in [1.54, 1.807) is 54.3 Å². The van der Waals surface area contributed by atoms with Crippen molar-refractivity contribution < 1.29 is 26.7 Å². The Balaban J connectivity index is 1.20. The second kappa shape index (κ2) is 12.8. The third kappa shape index (κ3) is 7.21. The van der Waals surface area contributed by atoms with Gasteiger partial charge in [-0.25, -0.2) is 8.42 Å². The standard InChI is InChI=1S/C31H29F3N4O3S2/c32-31(33,34)26-7-5-24(6-8-26)30(37-18-19-42-30)25-9-13-28(14-10-25)43(40,41)38-27-11-3-22(4-12-27)15-17-36-21-29(39)23-2-1-16-35-20-23/h1-14,16,18-20,29,36-39H,15,17,21H2. The fourth-order valence-corrected chi connectivity index (χ4v) is 6.75. The number of nitrogens with zero attached hydrogens (tertiary/aromatic N) is 1. The lowest BCUT2D eigenvalue weighted by Crippen LogP contribution is -2.34. The fraction of sp³-hybridized carbons (Fsp3) is 0.194. The Kier molecular flexibility index (Phi) is 9.11. The highest BCUT2D eigenvalue weighted by Gasteiger charge is 2.37. The lowest BCUT2D eigenvalue weighted by Gasteiger charge is -2.30. The maximum absolute atomic E-state index is 13.1. The van der Waals surface area contributed by atoms with E-state index < -0.39 is 32.7 Å². The minimum atomic E-state index is -4.44. The first-order valence-corrected chi connectivity index (χ1v) is 15.7. The molecule has 2 unspecified atom stereocenters. The van der Waals surface area contributed by atoms with Crippen LogP contribution in [0.25, 0.3) is 0 Å². The molecule has 1 aliphatic heterocycles. The summed E-state index contributed by atoms with van der Waals surface area (Å²) in [6, 6.07) is 21.8. The molecule has 7 nitrogen and oxygen atoms in total. The number of hydrogen-bond donors (Lipinski definition) is 4. The van der Waals surface area contributed by atoms with Crippen LogP contribution in [0.5, 0.6) is 0 Å². The first-order valence-electron chi connectivity index (χ1n) is 13.4. The van der Waals surface area contributed by atoms with Gasteiger partial charge in [-0.15, -0.1) is 0 Å². The molecule has 4 N–H and O–H groups in total. The molecule has 0 bridgehead atoms. The molecular formula is C31H29F3N4O3S2. The van der Waals surface area contributed by atoms with Crippen LogP contribution in [0, 0.1) is 0 Å². The molecule has 3 aromatic carbocycles. The molecule has 43 heavy (non-hydrogen) atoms. The van der Waals surface area contributed by atoms with Crippen molar-refractivity contribution in [3.63, 3.8) is 0 Å². The van der Waals surface area contributed by atoms with Gasteiger partial charge in [0.1, 0.15) is 4.87 Å². The number of hydrogen-bond acceptors (Lipinski definition) is 7. The average molecular weight is 627 g/mol. The van der Waals surface area contributed by atoms with Crippen LogP contribution < -0.4 is 15.4 Å². The zero-order valence-electron chi connectivity index (χ0n) is 22.8. The second-order valence-corrected chi connectivity index (χ2v) is 12.7. The highest BCUT2D eigenvalue weighted by Crippen LogP contribution is 2.45. The molecule has 0 aliphatic carbocycles. The first kappa shape index (κ1) is 30.6. The normalized spacial score (nSPS) is 17.4. The van der Waals surface area contributed by atoms with Gasteiger partial charge in [-0.05, 0) is 77.5 Å². The van der Waals surface area contributed by atoms with E-state index in [-0.39, 0.29) is 4.90 Å². The Morgan fingerprint density at radius 3 is 2.21 bits per heavy atom. The Labute approximate surface area is 252 Å². The number of aliphatic hydroxyl groups is 1. The predicted octanol–water partition coefficient (Wildman–Crippen LogP) is 5.78. The predicted molar refractivity (Wildman–Crippen MR) is 162 cm³/mol. The van der Waals surface area contributed by atoms with Crippen molar-refractivity contribution >= 4 is 27.5 Å². The van der Waals surface area contributed by atoms with Gasteiger partial charge in [-0.1, -0.05) is 54.2 Å². The number of pyridine rings is 1. The summed E-state index contributed by atoms with van der Waals surface area (Å²) in [7, 11) is -3.89. The lowest BCUT2D eigenvalue weighted by molar-refractivity contribution is -0.137. The van der Waals surface area contributed by atoms with Crippen molar-refractivity contribution in [2.75, 3.05) is 17.8 Å². The first-order chi connectivity index (χ1) is 20.6. The smallest absolute Gasteiger partial charge is 0.387 e. The van der Waals surface area contributed by atoms with Crippen LogP contribution in [0.3, 0.4) is 0 Å². The van der Waals surface area contributed by atoms with E-state index in [2.05, 4.69) is 20.3 Å². The average Bonchev–Trinajstić information content (AvgIpc) is 3.51. The SMILES string of the molecule is O=S(=O)(Nc1ccc(CCNCC(O)c2cccnc2)cc1)c1ccc(C2(c3ccc(C(F)(F)F)cc3)NC=CS2)cc1. The maximum Gasteiger partial charge on any atom is 0.416 e. The quantitative estimate of drug-likeness (QED) is 0.157. The zero-order valence-corrected chi connectivity index (χ0v) is 24.4. The van der Waals surface area contributed by atoms with Crippen LogP contribution in [0.4, 0.5) is 18.9 Å². The lowest BCUT2D eigenvalue weighted by atomic mass is 9.97. The summed E-state index contributed by atoms with van der Waals surface area (Å²) in [5.41, 5.74) is 2.70. The molecule has 1 aliphatic rings. The molecular weight excluding hydrogens is 597 g/mol. The number of nitrogens with one attached hydrogen (secondary N) is 3. The number of rotatable bonds is 11. The van der Waals surface area contributed by atoms with Gasteiger partial charge in [-0.3, -0.25) is 9.71 Å². The van der Waals surface area contributed by atoms with Gasteiger partial charge in [0.25, 0.3) is 10.0 Å². The third-order valence-corrected chi connectivity index (χ3v) is 9.61. The summed E-state index contributed by atoms with van der Waals surface area (Å²) in [6.45, 7) is 1.02. The summed E-state index contributed by atoms with van der Waals surface area (Å²) < 4.78 is 68.0. The van der Waals surface area contributed by atoms with Gasteiger partial charge in [0.15, 0.2) is 0 Å². The molecule has 0 spiro atoms. The van der Waals surface area contributed by atoms with Gasteiger partial charge < -0.3 is 15.7 Å². The molecule has 5 rings (SSSR count). The van der Waals surface area contributed by atoms with E-state index in [9.17, 15) is 26.7 Å². The van der Waals surface area contributed by atoms with Gasteiger partial charge in [0, 0.05) is 36.4 Å². The number of aromatic nitrogens is 1. The van der Waals surface area contributed by atoms with Crippen LogP contribution in [0.15, 0.2) is 114 Å². The Hall–Kier alpha value is -3.84. The molecule has 2 atom stereocenters. The number of sulfonamides is 1. The highest BCUT2D eigenvalue weighted by molar-refractivity contribution is 8.03. The van der Waals surface area contributed by atoms with Crippen molar-refractivity contribution in [1.29, 1.82) is 0 Å². The van der Waals surface area contributed by atoms with E-state index in [1.807, 2.05) is 18.2 Å². The fourth-order valence-electron chi connectivity index (χ4n) is 4.67. The molecule has 0 saturated heterocycles. The molecule has 2 heterocycles. The monoisotopic (exact) mass is 626 g/mol. The largest absolute Gasteiger partial charge is 0.416 e. The number of aliphatic hydroxyl groups excluding tert-OH is 1.